The Bertz CT molecular complexity index is 2200. The standard InChI is InChI=1S/C33H22BGeN3O2/c1-35(2)20-9-7-15-26-30(20)34-31-21(35)10-8-16-27(31)40-29-18-19(17-28(39-26)32(29)34)37-24-13-5-6-14-25(24)38-23-12-4-3-11-22(23)36-33(37)38/h3-18H,1-2H3. The Morgan fingerprint density at radius 3 is 1.90 bits per heavy atom. The molecule has 0 fully saturated rings. The number of rotatable bonds is 1. The molecular weight excluding hydrogens is 554 g/mol. The molecule has 0 amide bonds. The van der Waals surface area contributed by atoms with Crippen molar-refractivity contribution < 1.29 is 9.47 Å². The van der Waals surface area contributed by atoms with E-state index in [0.29, 0.717) is 0 Å². The van der Waals surface area contributed by atoms with Gasteiger partial charge in [0.15, 0.2) is 0 Å². The third-order valence-corrected chi connectivity index (χ3v) is 16.7. The number of hydrogen-bond acceptors (Lipinski definition) is 3. The summed E-state index contributed by atoms with van der Waals surface area (Å²) in [6, 6.07) is 34.5. The summed E-state index contributed by atoms with van der Waals surface area (Å²) in [6.45, 7) is 0.132. The predicted molar refractivity (Wildman–Crippen MR) is 164 cm³/mol. The zero-order valence-electron chi connectivity index (χ0n) is 22.0. The van der Waals surface area contributed by atoms with Crippen molar-refractivity contribution in [3.05, 3.63) is 97.1 Å². The molecule has 0 radical (unpaired) electrons. The van der Waals surface area contributed by atoms with Gasteiger partial charge in [-0.15, -0.1) is 0 Å². The van der Waals surface area contributed by atoms with Crippen LogP contribution in [0.15, 0.2) is 97.1 Å². The second-order valence-corrected chi connectivity index (χ2v) is 20.7. The Hall–Kier alpha value is -4.42. The van der Waals surface area contributed by atoms with E-state index in [1.165, 1.54) is 19.7 Å². The van der Waals surface area contributed by atoms with Gasteiger partial charge >= 0.3 is 222 Å². The number of imidazole rings is 2. The Morgan fingerprint density at radius 2 is 1.23 bits per heavy atom. The van der Waals surface area contributed by atoms with E-state index in [4.69, 9.17) is 14.5 Å². The van der Waals surface area contributed by atoms with Crippen molar-refractivity contribution >= 4 is 73.0 Å². The molecule has 5 heterocycles. The molecule has 5 aromatic carbocycles. The molecule has 40 heavy (non-hydrogen) atoms. The monoisotopic (exact) mass is 577 g/mol. The van der Waals surface area contributed by atoms with Crippen LogP contribution in [0.5, 0.6) is 23.0 Å². The van der Waals surface area contributed by atoms with Crippen LogP contribution in [0.3, 0.4) is 0 Å². The summed E-state index contributed by atoms with van der Waals surface area (Å²) in [5.41, 5.74) is 9.10. The third-order valence-electron chi connectivity index (χ3n) is 9.24. The van der Waals surface area contributed by atoms with E-state index < -0.39 is 13.3 Å². The van der Waals surface area contributed by atoms with Crippen molar-refractivity contribution in [1.82, 2.24) is 14.0 Å². The van der Waals surface area contributed by atoms with Gasteiger partial charge in [0.25, 0.3) is 0 Å². The molecule has 3 aliphatic rings. The van der Waals surface area contributed by atoms with Crippen LogP contribution in [0.4, 0.5) is 0 Å². The van der Waals surface area contributed by atoms with Crippen LogP contribution in [-0.2, 0) is 0 Å². The zero-order chi connectivity index (χ0) is 26.3. The van der Waals surface area contributed by atoms with Gasteiger partial charge in [0.2, 0.25) is 0 Å². The van der Waals surface area contributed by atoms with Crippen molar-refractivity contribution in [2.24, 2.45) is 0 Å². The maximum absolute atomic E-state index is 6.77. The molecular formula is C33H22BGeN3O2. The molecule has 2 aromatic heterocycles. The summed E-state index contributed by atoms with van der Waals surface area (Å²) < 4.78 is 21.0. The summed E-state index contributed by atoms with van der Waals surface area (Å²) in [6.07, 6.45) is 0. The average molecular weight is 576 g/mol. The number of aromatic nitrogens is 3. The number of para-hydroxylation sites is 4. The van der Waals surface area contributed by atoms with Crippen LogP contribution < -0.4 is 34.7 Å². The predicted octanol–water partition coefficient (Wildman–Crippen LogP) is 4.30. The van der Waals surface area contributed by atoms with Crippen LogP contribution in [-0.4, -0.2) is 33.9 Å². The van der Waals surface area contributed by atoms with Crippen molar-refractivity contribution in [2.45, 2.75) is 11.5 Å². The van der Waals surface area contributed by atoms with E-state index >= 15 is 0 Å². The van der Waals surface area contributed by atoms with Gasteiger partial charge < -0.3 is 0 Å². The molecule has 188 valence electrons. The molecule has 5 nitrogen and oxygen atoms in total. The molecule has 0 aliphatic carbocycles. The number of ether oxygens (including phenoxy) is 2. The molecule has 7 heteroatoms. The SMILES string of the molecule is [CH3][Ge]1([CH3])[c]2cccc3c2B2c4c(cc(-n5c6ccccc6n6c7ccccc7nc56)cc4Oc4ccc[c]1c42)O3. The van der Waals surface area contributed by atoms with Crippen molar-refractivity contribution in [3.8, 4) is 28.7 Å². The van der Waals surface area contributed by atoms with E-state index in [2.05, 4.69) is 111 Å². The topological polar surface area (TPSA) is 40.7 Å². The first-order chi connectivity index (χ1) is 19.6. The average Bonchev–Trinajstić information content (AvgIpc) is 3.50. The van der Waals surface area contributed by atoms with Crippen LogP contribution in [0.1, 0.15) is 0 Å². The van der Waals surface area contributed by atoms with Crippen LogP contribution >= 0.6 is 0 Å². The van der Waals surface area contributed by atoms with Crippen LogP contribution in [0.2, 0.25) is 11.5 Å². The van der Waals surface area contributed by atoms with E-state index in [9.17, 15) is 0 Å². The van der Waals surface area contributed by atoms with Gasteiger partial charge in [0, 0.05) is 0 Å². The van der Waals surface area contributed by atoms with Crippen molar-refractivity contribution in [1.29, 1.82) is 0 Å². The first-order valence-corrected chi connectivity index (χ1v) is 20.1. The molecule has 0 N–H and O–H groups in total. The Balaban J connectivity index is 1.30. The van der Waals surface area contributed by atoms with Gasteiger partial charge in [0.05, 0.1) is 0 Å². The van der Waals surface area contributed by atoms with E-state index in [1.807, 2.05) is 6.07 Å². The summed E-state index contributed by atoms with van der Waals surface area (Å²) in [5, 5.41) is 0. The summed E-state index contributed by atoms with van der Waals surface area (Å²) in [4.78, 5) is 5.08. The van der Waals surface area contributed by atoms with E-state index in [1.54, 1.807) is 0 Å². The van der Waals surface area contributed by atoms with Gasteiger partial charge in [0.1, 0.15) is 0 Å². The Kier molecular flexibility index (Phi) is 3.75. The molecule has 7 aromatic rings. The van der Waals surface area contributed by atoms with Gasteiger partial charge in [-0.05, 0) is 0 Å². The Morgan fingerprint density at radius 1 is 0.625 bits per heavy atom. The molecule has 0 saturated heterocycles. The number of nitrogens with zero attached hydrogens (tertiary/aromatic N) is 3. The first-order valence-electron chi connectivity index (χ1n) is 13.8. The first kappa shape index (κ1) is 21.4. The fourth-order valence-electron chi connectivity index (χ4n) is 7.54. The zero-order valence-corrected chi connectivity index (χ0v) is 24.1. The van der Waals surface area contributed by atoms with Gasteiger partial charge in [-0.25, -0.2) is 0 Å². The molecule has 10 rings (SSSR count). The van der Waals surface area contributed by atoms with E-state index in [0.717, 1.165) is 62.0 Å². The van der Waals surface area contributed by atoms with Crippen molar-refractivity contribution in [2.75, 3.05) is 0 Å². The number of benzene rings is 5. The summed E-state index contributed by atoms with van der Waals surface area (Å²) in [5.74, 6) is 9.54. The second kappa shape index (κ2) is 7.01. The summed E-state index contributed by atoms with van der Waals surface area (Å²) in [7, 11) is 0. The quantitative estimate of drug-likeness (QED) is 0.274. The minimum absolute atomic E-state index is 0.132. The summed E-state index contributed by atoms with van der Waals surface area (Å²) >= 11 is -2.54. The second-order valence-electron chi connectivity index (χ2n) is 11.6. The molecule has 0 saturated carbocycles. The minimum atomic E-state index is -2.54. The fourth-order valence-corrected chi connectivity index (χ4v) is 14.3. The fraction of sp³-hybridized carbons (Fsp3) is 0.0606. The third kappa shape index (κ3) is 2.41. The number of fused-ring (bicyclic) bond motifs is 5. The maximum atomic E-state index is 6.77. The van der Waals surface area contributed by atoms with Gasteiger partial charge in [-0.1, -0.05) is 12.1 Å². The van der Waals surface area contributed by atoms with Crippen LogP contribution in [0.25, 0.3) is 33.5 Å². The Labute approximate surface area is 233 Å². The van der Waals surface area contributed by atoms with Gasteiger partial charge in [-0.2, -0.15) is 0 Å². The molecule has 3 aliphatic heterocycles. The molecule has 0 spiro atoms. The van der Waals surface area contributed by atoms with Crippen LogP contribution in [0, 0.1) is 0 Å². The van der Waals surface area contributed by atoms with E-state index in [-0.39, 0.29) is 6.71 Å². The number of hydrogen-bond donors (Lipinski definition) is 0. The molecule has 0 bridgehead atoms. The molecule has 0 atom stereocenters. The van der Waals surface area contributed by atoms with Gasteiger partial charge in [-0.3, -0.25) is 0 Å². The normalized spacial score (nSPS) is 15.3. The molecule has 0 unspecified atom stereocenters. The van der Waals surface area contributed by atoms with Crippen molar-refractivity contribution in [3.63, 3.8) is 0 Å².